The van der Waals surface area contributed by atoms with Gasteiger partial charge in [-0.05, 0) is 35.9 Å². The van der Waals surface area contributed by atoms with Gasteiger partial charge < -0.3 is 20.7 Å². The summed E-state index contributed by atoms with van der Waals surface area (Å²) in [6.07, 6.45) is 0.828. The molecular weight excluding hydrogens is 428 g/mol. The molecule has 1 aromatic heterocycles. The van der Waals surface area contributed by atoms with Crippen molar-refractivity contribution < 1.29 is 18.3 Å². The SMILES string of the molecule is NC(=O)c1cccc(CNc2nc(N3CC(Oc4ccc(Cl)cc4F)C3)ncc2F)c1. The van der Waals surface area contributed by atoms with Gasteiger partial charge in [0, 0.05) is 17.1 Å². The van der Waals surface area contributed by atoms with Crippen LogP contribution in [0.5, 0.6) is 5.75 Å². The van der Waals surface area contributed by atoms with E-state index in [2.05, 4.69) is 15.3 Å². The van der Waals surface area contributed by atoms with Crippen LogP contribution in [-0.4, -0.2) is 35.1 Å². The highest BCUT2D eigenvalue weighted by molar-refractivity contribution is 6.30. The molecule has 0 bridgehead atoms. The van der Waals surface area contributed by atoms with Crippen LogP contribution < -0.4 is 20.7 Å². The predicted molar refractivity (Wildman–Crippen MR) is 112 cm³/mol. The van der Waals surface area contributed by atoms with E-state index < -0.39 is 17.5 Å². The van der Waals surface area contributed by atoms with Gasteiger partial charge in [-0.15, -0.1) is 0 Å². The molecule has 0 saturated carbocycles. The van der Waals surface area contributed by atoms with E-state index in [0.29, 0.717) is 29.6 Å². The molecule has 3 aromatic rings. The molecule has 1 saturated heterocycles. The van der Waals surface area contributed by atoms with E-state index in [4.69, 9.17) is 22.1 Å². The summed E-state index contributed by atoms with van der Waals surface area (Å²) in [6.45, 7) is 1.09. The number of carbonyl (C=O) groups excluding carboxylic acids is 1. The van der Waals surface area contributed by atoms with Crippen LogP contribution in [0.15, 0.2) is 48.7 Å². The van der Waals surface area contributed by atoms with Crippen molar-refractivity contribution in [3.63, 3.8) is 0 Å². The average molecular weight is 446 g/mol. The number of hydrogen-bond donors (Lipinski definition) is 2. The second-order valence-corrected chi connectivity index (χ2v) is 7.44. The maximum atomic E-state index is 14.1. The van der Waals surface area contributed by atoms with Crippen molar-refractivity contribution in [2.24, 2.45) is 5.73 Å². The van der Waals surface area contributed by atoms with Gasteiger partial charge in [0.25, 0.3) is 0 Å². The monoisotopic (exact) mass is 445 g/mol. The van der Waals surface area contributed by atoms with E-state index in [0.717, 1.165) is 11.8 Å². The second kappa shape index (κ2) is 8.73. The van der Waals surface area contributed by atoms with Crippen molar-refractivity contribution in [2.45, 2.75) is 12.6 Å². The van der Waals surface area contributed by atoms with Crippen molar-refractivity contribution >= 4 is 29.3 Å². The molecule has 160 valence electrons. The molecule has 4 rings (SSSR count). The minimum Gasteiger partial charge on any atom is -0.484 e. The number of nitrogens with zero attached hydrogens (tertiary/aromatic N) is 3. The molecule has 1 aliphatic rings. The van der Waals surface area contributed by atoms with E-state index >= 15 is 0 Å². The Balaban J connectivity index is 1.37. The van der Waals surface area contributed by atoms with E-state index in [1.807, 2.05) is 0 Å². The van der Waals surface area contributed by atoms with Crippen LogP contribution >= 0.6 is 11.6 Å². The van der Waals surface area contributed by atoms with E-state index in [9.17, 15) is 13.6 Å². The molecule has 3 N–H and O–H groups in total. The number of ether oxygens (including phenoxy) is 1. The standard InChI is InChI=1S/C21H18ClF2N5O2/c22-14-4-5-18(16(23)7-14)31-15-10-29(11-15)21-27-9-17(24)20(28-21)26-8-12-2-1-3-13(6-12)19(25)30/h1-7,9,15H,8,10-11H2,(H2,25,30)(H,26,27,28). The first-order valence-electron chi connectivity index (χ1n) is 9.41. The number of halogens is 3. The van der Waals surface area contributed by atoms with Gasteiger partial charge in [0.05, 0.1) is 19.3 Å². The van der Waals surface area contributed by atoms with Crippen LogP contribution in [0.1, 0.15) is 15.9 Å². The molecule has 2 heterocycles. The number of nitrogens with two attached hydrogens (primary N) is 1. The van der Waals surface area contributed by atoms with E-state index in [1.54, 1.807) is 35.2 Å². The van der Waals surface area contributed by atoms with Crippen LogP contribution in [-0.2, 0) is 6.54 Å². The van der Waals surface area contributed by atoms with Gasteiger partial charge in [0.15, 0.2) is 23.2 Å². The lowest BCUT2D eigenvalue weighted by Crippen LogP contribution is -2.54. The summed E-state index contributed by atoms with van der Waals surface area (Å²) in [6, 6.07) is 10.9. The van der Waals surface area contributed by atoms with Crippen molar-refractivity contribution in [1.29, 1.82) is 0 Å². The van der Waals surface area contributed by atoms with Crippen molar-refractivity contribution in [3.8, 4) is 5.75 Å². The lowest BCUT2D eigenvalue weighted by molar-refractivity contribution is 0.1000. The minimum absolute atomic E-state index is 0.0302. The molecule has 1 aliphatic heterocycles. The van der Waals surface area contributed by atoms with Gasteiger partial charge in [-0.2, -0.15) is 4.98 Å². The first-order valence-corrected chi connectivity index (χ1v) is 9.78. The Morgan fingerprint density at radius 1 is 1.23 bits per heavy atom. The highest BCUT2D eigenvalue weighted by Gasteiger charge is 2.31. The number of rotatable bonds is 7. The first-order chi connectivity index (χ1) is 14.9. The Morgan fingerprint density at radius 2 is 2.03 bits per heavy atom. The zero-order valence-corrected chi connectivity index (χ0v) is 16.9. The summed E-state index contributed by atoms with van der Waals surface area (Å²) in [5.74, 6) is -1.20. The van der Waals surface area contributed by atoms with Gasteiger partial charge in [-0.3, -0.25) is 4.79 Å². The van der Waals surface area contributed by atoms with Crippen LogP contribution in [0.2, 0.25) is 5.02 Å². The number of benzene rings is 2. The number of anilines is 2. The molecule has 1 amide bonds. The fourth-order valence-electron chi connectivity index (χ4n) is 3.08. The second-order valence-electron chi connectivity index (χ2n) is 7.00. The highest BCUT2D eigenvalue weighted by atomic mass is 35.5. The average Bonchev–Trinajstić information content (AvgIpc) is 2.71. The topological polar surface area (TPSA) is 93.4 Å². The molecule has 0 atom stereocenters. The Labute approximate surface area is 181 Å². The Hall–Kier alpha value is -3.46. The normalized spacial score (nSPS) is 13.6. The minimum atomic E-state index is -0.605. The summed E-state index contributed by atoms with van der Waals surface area (Å²) in [5.41, 5.74) is 6.40. The fourth-order valence-corrected chi connectivity index (χ4v) is 3.24. The van der Waals surface area contributed by atoms with Gasteiger partial charge in [0.1, 0.15) is 6.10 Å². The molecule has 31 heavy (non-hydrogen) atoms. The van der Waals surface area contributed by atoms with Crippen molar-refractivity contribution in [3.05, 3.63) is 76.4 Å². The maximum Gasteiger partial charge on any atom is 0.248 e. The Kier molecular flexibility index (Phi) is 5.85. The van der Waals surface area contributed by atoms with Crippen LogP contribution in [0.25, 0.3) is 0 Å². The molecule has 2 aromatic carbocycles. The van der Waals surface area contributed by atoms with Crippen molar-refractivity contribution in [2.75, 3.05) is 23.3 Å². The molecule has 7 nitrogen and oxygen atoms in total. The number of nitrogens with one attached hydrogen (secondary N) is 1. The number of aromatic nitrogens is 2. The third-order valence-electron chi connectivity index (χ3n) is 4.72. The lowest BCUT2D eigenvalue weighted by Gasteiger charge is -2.39. The highest BCUT2D eigenvalue weighted by Crippen LogP contribution is 2.26. The Morgan fingerprint density at radius 3 is 2.77 bits per heavy atom. The lowest BCUT2D eigenvalue weighted by atomic mass is 10.1. The summed E-state index contributed by atoms with van der Waals surface area (Å²) in [5, 5.41) is 3.20. The first kappa shape index (κ1) is 20.8. The van der Waals surface area contributed by atoms with E-state index in [1.165, 1.54) is 12.1 Å². The molecule has 1 fully saturated rings. The predicted octanol–water partition coefficient (Wildman–Crippen LogP) is 3.39. The summed E-state index contributed by atoms with van der Waals surface area (Å²) < 4.78 is 33.6. The molecule has 10 heteroatoms. The third kappa shape index (κ3) is 4.83. The number of primary amides is 1. The Bertz CT molecular complexity index is 1120. The van der Waals surface area contributed by atoms with Gasteiger partial charge >= 0.3 is 0 Å². The zero-order chi connectivity index (χ0) is 22.0. The number of amides is 1. The van der Waals surface area contributed by atoms with Gasteiger partial charge in [-0.1, -0.05) is 23.7 Å². The van der Waals surface area contributed by atoms with E-state index in [-0.39, 0.29) is 24.2 Å². The fraction of sp³-hybridized carbons (Fsp3) is 0.190. The molecular formula is C21H18ClF2N5O2. The quantitative estimate of drug-likeness (QED) is 0.579. The molecule has 0 spiro atoms. The number of carbonyl (C=O) groups is 1. The molecule has 0 radical (unpaired) electrons. The van der Waals surface area contributed by atoms with Crippen molar-refractivity contribution in [1.82, 2.24) is 9.97 Å². The summed E-state index contributed by atoms with van der Waals surface area (Å²) in [4.78, 5) is 21.3. The summed E-state index contributed by atoms with van der Waals surface area (Å²) in [7, 11) is 0. The van der Waals surface area contributed by atoms with Crippen LogP contribution in [0, 0.1) is 11.6 Å². The third-order valence-corrected chi connectivity index (χ3v) is 4.96. The van der Waals surface area contributed by atoms with Crippen LogP contribution in [0.3, 0.4) is 0 Å². The smallest absolute Gasteiger partial charge is 0.248 e. The largest absolute Gasteiger partial charge is 0.484 e. The molecule has 0 unspecified atom stereocenters. The zero-order valence-electron chi connectivity index (χ0n) is 16.2. The summed E-state index contributed by atoms with van der Waals surface area (Å²) >= 11 is 5.74. The molecule has 0 aliphatic carbocycles. The van der Waals surface area contributed by atoms with Gasteiger partial charge in [-0.25, -0.2) is 13.8 Å². The maximum absolute atomic E-state index is 14.1. The van der Waals surface area contributed by atoms with Gasteiger partial charge in [0.2, 0.25) is 11.9 Å². The van der Waals surface area contributed by atoms with Crippen LogP contribution in [0.4, 0.5) is 20.5 Å². The number of hydrogen-bond acceptors (Lipinski definition) is 6.